The maximum Gasteiger partial charge on any atom is 0.401 e. The van der Waals surface area contributed by atoms with E-state index in [2.05, 4.69) is 9.97 Å². The van der Waals surface area contributed by atoms with Crippen LogP contribution in [-0.2, 0) is 6.54 Å². The summed E-state index contributed by atoms with van der Waals surface area (Å²) < 4.78 is 37.7. The van der Waals surface area contributed by atoms with Crippen LogP contribution in [0, 0.1) is 6.92 Å². The number of carboxylic acid groups (broad SMARTS) is 1. The van der Waals surface area contributed by atoms with Crippen molar-refractivity contribution in [3.63, 3.8) is 0 Å². The quantitative estimate of drug-likeness (QED) is 0.576. The average molecular weight is 467 g/mol. The first-order chi connectivity index (χ1) is 15.1. The summed E-state index contributed by atoms with van der Waals surface area (Å²) in [7, 11) is 0. The number of rotatable bonds is 5. The lowest BCUT2D eigenvalue weighted by Gasteiger charge is -2.34. The molecule has 1 aromatic heterocycles. The van der Waals surface area contributed by atoms with Crippen molar-refractivity contribution in [1.29, 1.82) is 0 Å². The zero-order valence-electron chi connectivity index (χ0n) is 17.3. The Balaban J connectivity index is 1.57. The minimum absolute atomic E-state index is 0.0617. The number of carbonyl (C=O) groups is 1. The Kier molecular flexibility index (Phi) is 6.15. The Morgan fingerprint density at radius 2 is 1.84 bits per heavy atom. The molecule has 0 aliphatic carbocycles. The SMILES string of the molecule is Cc1ccc(-c2cc(C(=O)O)c3nc(CN4CCN(CC(F)(F)F)CC4)[nH]c3c2)c(Cl)c1. The van der Waals surface area contributed by atoms with Gasteiger partial charge in [0.15, 0.2) is 0 Å². The van der Waals surface area contributed by atoms with Crippen molar-refractivity contribution in [2.45, 2.75) is 19.6 Å². The fourth-order valence-corrected chi connectivity index (χ4v) is 4.33. The number of alkyl halides is 3. The molecule has 0 bridgehead atoms. The minimum atomic E-state index is -4.20. The highest BCUT2D eigenvalue weighted by atomic mass is 35.5. The number of fused-ring (bicyclic) bond motifs is 1. The van der Waals surface area contributed by atoms with Gasteiger partial charge in [-0.15, -0.1) is 0 Å². The number of hydrogen-bond acceptors (Lipinski definition) is 4. The molecular formula is C22H22ClF3N4O2. The highest BCUT2D eigenvalue weighted by molar-refractivity contribution is 6.33. The molecule has 10 heteroatoms. The van der Waals surface area contributed by atoms with Gasteiger partial charge < -0.3 is 10.1 Å². The lowest BCUT2D eigenvalue weighted by molar-refractivity contribution is -0.149. The van der Waals surface area contributed by atoms with Crippen molar-refractivity contribution in [3.8, 4) is 11.1 Å². The number of nitrogens with zero attached hydrogens (tertiary/aromatic N) is 3. The van der Waals surface area contributed by atoms with Crippen molar-refractivity contribution in [3.05, 3.63) is 52.3 Å². The molecule has 2 N–H and O–H groups in total. The van der Waals surface area contributed by atoms with Gasteiger partial charge in [0.1, 0.15) is 11.3 Å². The molecule has 0 radical (unpaired) electrons. The first-order valence-corrected chi connectivity index (χ1v) is 10.5. The molecule has 6 nitrogen and oxygen atoms in total. The van der Waals surface area contributed by atoms with Crippen LogP contribution in [0.2, 0.25) is 5.02 Å². The normalized spacial score (nSPS) is 16.0. The monoisotopic (exact) mass is 466 g/mol. The number of hydrogen-bond donors (Lipinski definition) is 2. The van der Waals surface area contributed by atoms with Crippen LogP contribution in [-0.4, -0.2) is 69.7 Å². The van der Waals surface area contributed by atoms with Crippen LogP contribution in [0.3, 0.4) is 0 Å². The highest BCUT2D eigenvalue weighted by Gasteiger charge is 2.32. The van der Waals surface area contributed by atoms with Crippen LogP contribution in [0.15, 0.2) is 30.3 Å². The molecule has 0 unspecified atom stereocenters. The van der Waals surface area contributed by atoms with Gasteiger partial charge in [-0.3, -0.25) is 9.80 Å². The summed E-state index contributed by atoms with van der Waals surface area (Å²) in [5.41, 5.74) is 3.36. The third kappa shape index (κ3) is 5.06. The number of carboxylic acids is 1. The lowest BCUT2D eigenvalue weighted by Crippen LogP contribution is -2.48. The van der Waals surface area contributed by atoms with E-state index >= 15 is 0 Å². The molecule has 170 valence electrons. The Morgan fingerprint density at radius 1 is 1.16 bits per heavy atom. The second kappa shape index (κ2) is 8.73. The fraction of sp³-hybridized carbons (Fsp3) is 0.364. The Labute approximate surface area is 187 Å². The number of aromatic nitrogens is 2. The molecule has 1 aliphatic rings. The third-order valence-corrected chi connectivity index (χ3v) is 5.86. The zero-order valence-corrected chi connectivity index (χ0v) is 18.1. The van der Waals surface area contributed by atoms with Gasteiger partial charge in [0.05, 0.1) is 24.2 Å². The number of halogens is 4. The first kappa shape index (κ1) is 22.6. The van der Waals surface area contributed by atoms with Crippen LogP contribution in [0.5, 0.6) is 0 Å². The van der Waals surface area contributed by atoms with Crippen molar-refractivity contribution in [2.75, 3.05) is 32.7 Å². The topological polar surface area (TPSA) is 72.5 Å². The predicted octanol–water partition coefficient (Wildman–Crippen LogP) is 4.57. The summed E-state index contributed by atoms with van der Waals surface area (Å²) >= 11 is 6.38. The van der Waals surface area contributed by atoms with E-state index in [9.17, 15) is 23.1 Å². The van der Waals surface area contributed by atoms with Gasteiger partial charge >= 0.3 is 12.1 Å². The molecule has 0 atom stereocenters. The number of nitrogens with one attached hydrogen (secondary N) is 1. The van der Waals surface area contributed by atoms with Crippen LogP contribution in [0.25, 0.3) is 22.2 Å². The van der Waals surface area contributed by atoms with E-state index in [0.29, 0.717) is 60.2 Å². The number of benzene rings is 2. The van der Waals surface area contributed by atoms with E-state index in [4.69, 9.17) is 11.6 Å². The van der Waals surface area contributed by atoms with E-state index in [1.165, 1.54) is 4.90 Å². The van der Waals surface area contributed by atoms with Gasteiger partial charge in [0.2, 0.25) is 0 Å². The van der Waals surface area contributed by atoms with E-state index in [-0.39, 0.29) is 5.56 Å². The lowest BCUT2D eigenvalue weighted by atomic mass is 10.0. The maximum absolute atomic E-state index is 12.6. The van der Waals surface area contributed by atoms with Crippen molar-refractivity contribution < 1.29 is 23.1 Å². The molecule has 0 amide bonds. The number of imidazole rings is 1. The van der Waals surface area contributed by atoms with Crippen LogP contribution in [0.4, 0.5) is 13.2 Å². The van der Waals surface area contributed by atoms with Gasteiger partial charge in [-0.2, -0.15) is 13.2 Å². The molecule has 2 heterocycles. The second-order valence-electron chi connectivity index (χ2n) is 8.06. The molecular weight excluding hydrogens is 445 g/mol. The van der Waals surface area contributed by atoms with Crippen molar-refractivity contribution in [1.82, 2.24) is 19.8 Å². The van der Waals surface area contributed by atoms with E-state index in [1.807, 2.05) is 36.1 Å². The standard InChI is InChI=1S/C22H22ClF3N4O2/c1-13-2-3-15(17(23)8-13)14-9-16(21(31)32)20-18(10-14)27-19(28-20)11-29-4-6-30(7-5-29)12-22(24,25)26/h2-3,8-10H,4-7,11-12H2,1H3,(H,27,28)(H,31,32). The van der Waals surface area contributed by atoms with Crippen LogP contribution in [0.1, 0.15) is 21.7 Å². The summed E-state index contributed by atoms with van der Waals surface area (Å²) in [6, 6.07) is 8.95. The average Bonchev–Trinajstić information content (AvgIpc) is 3.09. The molecule has 32 heavy (non-hydrogen) atoms. The Hall–Kier alpha value is -2.62. The highest BCUT2D eigenvalue weighted by Crippen LogP contribution is 2.32. The minimum Gasteiger partial charge on any atom is -0.478 e. The molecule has 2 aromatic carbocycles. The molecule has 1 saturated heterocycles. The van der Waals surface area contributed by atoms with Crippen LogP contribution >= 0.6 is 11.6 Å². The van der Waals surface area contributed by atoms with Crippen molar-refractivity contribution >= 4 is 28.6 Å². The predicted molar refractivity (Wildman–Crippen MR) is 116 cm³/mol. The molecule has 4 rings (SSSR count). The van der Waals surface area contributed by atoms with Gasteiger partial charge in [-0.25, -0.2) is 9.78 Å². The fourth-order valence-electron chi connectivity index (χ4n) is 3.99. The molecule has 0 spiro atoms. The van der Waals surface area contributed by atoms with Crippen molar-refractivity contribution in [2.24, 2.45) is 0 Å². The maximum atomic E-state index is 12.6. The van der Waals surface area contributed by atoms with Gasteiger partial charge in [0.25, 0.3) is 0 Å². The summed E-state index contributed by atoms with van der Waals surface area (Å²) in [6.45, 7) is 3.00. The van der Waals surface area contributed by atoms with E-state index < -0.39 is 18.7 Å². The smallest absolute Gasteiger partial charge is 0.401 e. The first-order valence-electron chi connectivity index (χ1n) is 10.1. The number of aryl methyl sites for hydroxylation is 1. The molecule has 1 aliphatic heterocycles. The van der Waals surface area contributed by atoms with Gasteiger partial charge in [0, 0.05) is 36.8 Å². The number of H-pyrrole nitrogens is 1. The molecule has 3 aromatic rings. The Bertz CT molecular complexity index is 1150. The third-order valence-electron chi connectivity index (χ3n) is 5.54. The van der Waals surface area contributed by atoms with Gasteiger partial charge in [-0.05, 0) is 36.2 Å². The molecule has 1 fully saturated rings. The van der Waals surface area contributed by atoms with E-state index in [1.54, 1.807) is 6.07 Å². The number of aromatic carboxylic acids is 1. The Morgan fingerprint density at radius 3 is 2.47 bits per heavy atom. The largest absolute Gasteiger partial charge is 0.478 e. The summed E-state index contributed by atoms with van der Waals surface area (Å²) in [6.07, 6.45) is -4.20. The second-order valence-corrected chi connectivity index (χ2v) is 8.47. The summed E-state index contributed by atoms with van der Waals surface area (Å²) in [5.74, 6) is -0.530. The number of piperazine rings is 1. The summed E-state index contributed by atoms with van der Waals surface area (Å²) in [5, 5.41) is 10.3. The zero-order chi connectivity index (χ0) is 23.0. The van der Waals surface area contributed by atoms with Gasteiger partial charge in [-0.1, -0.05) is 23.7 Å². The molecule has 0 saturated carbocycles. The van der Waals surface area contributed by atoms with E-state index in [0.717, 1.165) is 11.1 Å². The number of aromatic amines is 1. The summed E-state index contributed by atoms with van der Waals surface area (Å²) in [4.78, 5) is 22.9. The van der Waals surface area contributed by atoms with Crippen LogP contribution < -0.4 is 0 Å².